The van der Waals surface area contributed by atoms with E-state index in [-0.39, 0.29) is 0 Å². The summed E-state index contributed by atoms with van der Waals surface area (Å²) in [5, 5.41) is 5.52. The molecule has 0 spiro atoms. The number of guanidine groups is 1. The maximum Gasteiger partial charge on any atom is 0.193 e. The summed E-state index contributed by atoms with van der Waals surface area (Å²) in [4.78, 5) is 10.6. The smallest absolute Gasteiger partial charge is 0.193 e. The van der Waals surface area contributed by atoms with Gasteiger partial charge in [0.05, 0.1) is 19.2 Å². The predicted molar refractivity (Wildman–Crippen MR) is 103 cm³/mol. The number of nitrogens with one attached hydrogen (secondary N) is 1. The van der Waals surface area contributed by atoms with Crippen LogP contribution in [0.1, 0.15) is 30.7 Å². The average molecular weight is 353 g/mol. The Hall–Kier alpha value is -1.11. The zero-order valence-corrected chi connectivity index (χ0v) is 16.3. The zero-order chi connectivity index (χ0) is 17.4. The second-order valence-corrected chi connectivity index (χ2v) is 7.61. The lowest BCUT2D eigenvalue weighted by Crippen LogP contribution is -2.41. The molecular formula is C18H32N4OS. The first-order valence-electron chi connectivity index (χ1n) is 8.88. The summed E-state index contributed by atoms with van der Waals surface area (Å²) in [6, 6.07) is 4.61. The molecule has 6 heteroatoms. The van der Waals surface area contributed by atoms with Gasteiger partial charge in [0.2, 0.25) is 0 Å². The Morgan fingerprint density at radius 1 is 1.42 bits per heavy atom. The number of rotatable bonds is 10. The first-order valence-corrected chi connectivity index (χ1v) is 9.76. The Morgan fingerprint density at radius 3 is 2.79 bits per heavy atom. The number of likely N-dealkylation sites (N-methyl/N-ethyl adjacent to an activating group) is 2. The van der Waals surface area contributed by atoms with Gasteiger partial charge in [-0.15, -0.1) is 11.3 Å². The van der Waals surface area contributed by atoms with Gasteiger partial charge in [0, 0.05) is 31.6 Å². The zero-order valence-electron chi connectivity index (χ0n) is 15.5. The van der Waals surface area contributed by atoms with E-state index in [1.165, 1.54) is 17.7 Å². The largest absolute Gasteiger partial charge is 0.379 e. The first-order chi connectivity index (χ1) is 11.6. The predicted octanol–water partition coefficient (Wildman–Crippen LogP) is 2.67. The number of nitrogens with zero attached hydrogens (tertiary/aromatic N) is 3. The van der Waals surface area contributed by atoms with Crippen molar-refractivity contribution in [2.24, 2.45) is 10.9 Å². The van der Waals surface area contributed by atoms with Crippen molar-refractivity contribution in [2.45, 2.75) is 25.8 Å². The molecule has 1 fully saturated rings. The second-order valence-electron chi connectivity index (χ2n) is 6.63. The van der Waals surface area contributed by atoms with Crippen LogP contribution < -0.4 is 5.32 Å². The number of hydrogen-bond donors (Lipinski definition) is 1. The number of aliphatic imine (C=N–C) groups is 1. The summed E-state index contributed by atoms with van der Waals surface area (Å²) in [6.45, 7) is 6.28. The molecule has 5 nitrogen and oxygen atoms in total. The Bertz CT molecular complexity index is 485. The highest BCUT2D eigenvalue weighted by Crippen LogP contribution is 2.28. The van der Waals surface area contributed by atoms with Crippen LogP contribution in [0.3, 0.4) is 0 Å². The fraction of sp³-hybridized carbons (Fsp3) is 0.722. The minimum absolute atomic E-state index is 0.318. The van der Waals surface area contributed by atoms with Gasteiger partial charge in [-0.05, 0) is 51.2 Å². The van der Waals surface area contributed by atoms with E-state index >= 15 is 0 Å². The minimum Gasteiger partial charge on any atom is -0.379 e. The summed E-state index contributed by atoms with van der Waals surface area (Å²) >= 11 is 1.79. The van der Waals surface area contributed by atoms with Gasteiger partial charge >= 0.3 is 0 Å². The standard InChI is InChI=1S/C18H32N4OS/c1-5-19-18(22(4)10-11-23-14-15-8-9-15)20-13-16(21(2)3)17-7-6-12-24-17/h6-7,12,15-16H,5,8-11,13-14H2,1-4H3,(H,19,20). The summed E-state index contributed by atoms with van der Waals surface area (Å²) in [5.41, 5.74) is 0. The molecular weight excluding hydrogens is 320 g/mol. The van der Waals surface area contributed by atoms with Crippen LogP contribution in [-0.4, -0.2) is 69.8 Å². The van der Waals surface area contributed by atoms with Crippen molar-refractivity contribution in [1.82, 2.24) is 15.1 Å². The fourth-order valence-corrected chi connectivity index (χ4v) is 3.39. The van der Waals surface area contributed by atoms with Crippen LogP contribution in [-0.2, 0) is 4.74 Å². The van der Waals surface area contributed by atoms with Crippen LogP contribution in [0.2, 0.25) is 0 Å². The lowest BCUT2D eigenvalue weighted by Gasteiger charge is -2.25. The Kier molecular flexibility index (Phi) is 8.02. The number of hydrogen-bond acceptors (Lipinski definition) is 4. The van der Waals surface area contributed by atoms with Crippen molar-refractivity contribution < 1.29 is 4.74 Å². The highest BCUT2D eigenvalue weighted by Gasteiger charge is 2.21. The molecule has 0 amide bonds. The van der Waals surface area contributed by atoms with Crippen LogP contribution in [0.25, 0.3) is 0 Å². The third-order valence-electron chi connectivity index (χ3n) is 4.23. The lowest BCUT2D eigenvalue weighted by atomic mass is 10.2. The SMILES string of the molecule is CCNC(=NCC(c1cccs1)N(C)C)N(C)CCOCC1CC1. The molecule has 0 saturated heterocycles. The van der Waals surface area contributed by atoms with Gasteiger partial charge in [0.25, 0.3) is 0 Å². The molecule has 1 aliphatic rings. The van der Waals surface area contributed by atoms with Gasteiger partial charge in [-0.3, -0.25) is 4.99 Å². The molecule has 1 aromatic rings. The maximum atomic E-state index is 5.75. The average Bonchev–Trinajstić information content (AvgIpc) is 3.23. The molecule has 0 radical (unpaired) electrons. The van der Waals surface area contributed by atoms with Gasteiger partial charge in [0.15, 0.2) is 5.96 Å². The van der Waals surface area contributed by atoms with E-state index in [0.29, 0.717) is 6.04 Å². The summed E-state index contributed by atoms with van der Waals surface area (Å²) in [6.07, 6.45) is 2.68. The fourth-order valence-electron chi connectivity index (χ4n) is 2.47. The Labute approximate surface area is 150 Å². The highest BCUT2D eigenvalue weighted by molar-refractivity contribution is 7.10. The van der Waals surface area contributed by atoms with E-state index in [2.05, 4.69) is 60.7 Å². The molecule has 1 heterocycles. The quantitative estimate of drug-likeness (QED) is 0.399. The van der Waals surface area contributed by atoms with Gasteiger partial charge in [-0.2, -0.15) is 0 Å². The Balaban J connectivity index is 1.87. The van der Waals surface area contributed by atoms with E-state index in [9.17, 15) is 0 Å². The van der Waals surface area contributed by atoms with Crippen LogP contribution in [0.5, 0.6) is 0 Å². The molecule has 1 unspecified atom stereocenters. The van der Waals surface area contributed by atoms with Crippen molar-refractivity contribution in [3.63, 3.8) is 0 Å². The monoisotopic (exact) mass is 352 g/mol. The van der Waals surface area contributed by atoms with Crippen LogP contribution >= 0.6 is 11.3 Å². The topological polar surface area (TPSA) is 40.1 Å². The minimum atomic E-state index is 0.318. The third-order valence-corrected chi connectivity index (χ3v) is 5.20. The molecule has 1 aromatic heterocycles. The first kappa shape index (κ1) is 19.2. The van der Waals surface area contributed by atoms with Gasteiger partial charge in [-0.1, -0.05) is 6.07 Å². The molecule has 0 bridgehead atoms. The molecule has 1 saturated carbocycles. The van der Waals surface area contributed by atoms with Crippen LogP contribution in [0.15, 0.2) is 22.5 Å². The van der Waals surface area contributed by atoms with Crippen LogP contribution in [0.4, 0.5) is 0 Å². The second kappa shape index (κ2) is 10.0. The number of thiophene rings is 1. The van der Waals surface area contributed by atoms with E-state index in [4.69, 9.17) is 9.73 Å². The summed E-state index contributed by atoms with van der Waals surface area (Å²) in [5.74, 6) is 1.78. The van der Waals surface area contributed by atoms with E-state index < -0.39 is 0 Å². The molecule has 0 aromatic carbocycles. The van der Waals surface area contributed by atoms with E-state index in [1.54, 1.807) is 11.3 Å². The van der Waals surface area contributed by atoms with Crippen molar-refractivity contribution >= 4 is 17.3 Å². The molecule has 1 aliphatic carbocycles. The van der Waals surface area contributed by atoms with Crippen molar-refractivity contribution in [2.75, 3.05) is 54.0 Å². The highest BCUT2D eigenvalue weighted by atomic mass is 32.1. The molecule has 136 valence electrons. The Morgan fingerprint density at radius 2 is 2.21 bits per heavy atom. The van der Waals surface area contributed by atoms with E-state index in [1.807, 2.05) is 0 Å². The molecule has 2 rings (SSSR count). The molecule has 0 aliphatic heterocycles. The lowest BCUT2D eigenvalue weighted by molar-refractivity contribution is 0.115. The van der Waals surface area contributed by atoms with Crippen molar-refractivity contribution in [3.05, 3.63) is 22.4 Å². The van der Waals surface area contributed by atoms with Gasteiger partial charge < -0.3 is 19.9 Å². The normalized spacial score (nSPS) is 16.5. The van der Waals surface area contributed by atoms with E-state index in [0.717, 1.165) is 44.7 Å². The summed E-state index contributed by atoms with van der Waals surface area (Å²) in [7, 11) is 6.31. The van der Waals surface area contributed by atoms with Gasteiger partial charge in [-0.25, -0.2) is 0 Å². The maximum absolute atomic E-state index is 5.75. The molecule has 24 heavy (non-hydrogen) atoms. The van der Waals surface area contributed by atoms with Gasteiger partial charge in [0.1, 0.15) is 0 Å². The number of ether oxygens (including phenoxy) is 1. The van der Waals surface area contributed by atoms with Crippen LogP contribution in [0, 0.1) is 5.92 Å². The van der Waals surface area contributed by atoms with Crippen molar-refractivity contribution in [1.29, 1.82) is 0 Å². The summed E-state index contributed by atoms with van der Waals surface area (Å²) < 4.78 is 5.75. The van der Waals surface area contributed by atoms with Crippen molar-refractivity contribution in [3.8, 4) is 0 Å². The third kappa shape index (κ3) is 6.42. The molecule has 1 N–H and O–H groups in total. The molecule has 1 atom stereocenters.